The van der Waals surface area contributed by atoms with Gasteiger partial charge in [-0.1, -0.05) is 53.5 Å². The third-order valence-corrected chi connectivity index (χ3v) is 4.17. The van der Waals surface area contributed by atoms with E-state index in [2.05, 4.69) is 15.5 Å². The molecule has 0 aliphatic carbocycles. The zero-order chi connectivity index (χ0) is 17.6. The Hall–Kier alpha value is -2.69. The number of benzene rings is 2. The molecular weight excluding hydrogens is 357 g/mol. The molecule has 1 heterocycles. The van der Waals surface area contributed by atoms with Crippen LogP contribution < -0.4 is 5.43 Å². The molecule has 0 aliphatic heterocycles. The van der Waals surface area contributed by atoms with Crippen molar-refractivity contribution in [2.24, 2.45) is 5.10 Å². The lowest BCUT2D eigenvalue weighted by atomic mass is 10.0. The second-order valence-corrected chi connectivity index (χ2v) is 5.95. The smallest absolute Gasteiger partial charge is 0.267 e. The van der Waals surface area contributed by atoms with E-state index >= 15 is 0 Å². The topological polar surface area (TPSA) is 54.4 Å². The molecule has 3 aromatic rings. The summed E-state index contributed by atoms with van der Waals surface area (Å²) in [6.45, 7) is 0. The van der Waals surface area contributed by atoms with Gasteiger partial charge in [-0.25, -0.2) is 5.43 Å². The standard InChI is InChI=1S/C19H13Cl2N3O/c20-16-9-8-14(11-17(16)21)19(25)24-23-18(13-5-2-1-3-6-13)15-7-4-10-22-12-15/h1-12H,(H,24,25)/b23-18+. The molecule has 1 N–H and O–H groups in total. The van der Waals surface area contributed by atoms with Gasteiger partial charge in [-0.2, -0.15) is 5.10 Å². The maximum absolute atomic E-state index is 12.3. The second kappa shape index (κ2) is 7.92. The van der Waals surface area contributed by atoms with E-state index in [1.54, 1.807) is 24.5 Å². The van der Waals surface area contributed by atoms with Crippen molar-refractivity contribution in [1.29, 1.82) is 0 Å². The van der Waals surface area contributed by atoms with Crippen LogP contribution in [0.3, 0.4) is 0 Å². The summed E-state index contributed by atoms with van der Waals surface area (Å²) in [4.78, 5) is 16.5. The Morgan fingerprint density at radius 2 is 1.64 bits per heavy atom. The van der Waals surface area contributed by atoms with Gasteiger partial charge in [-0.15, -0.1) is 0 Å². The quantitative estimate of drug-likeness (QED) is 0.540. The highest BCUT2D eigenvalue weighted by Gasteiger charge is 2.10. The highest BCUT2D eigenvalue weighted by molar-refractivity contribution is 6.42. The number of hydrogen-bond donors (Lipinski definition) is 1. The van der Waals surface area contributed by atoms with Crippen LogP contribution in [0.4, 0.5) is 0 Å². The van der Waals surface area contributed by atoms with Crippen LogP contribution in [0, 0.1) is 0 Å². The van der Waals surface area contributed by atoms with Crippen LogP contribution in [0.2, 0.25) is 10.0 Å². The molecule has 1 aromatic heterocycles. The van der Waals surface area contributed by atoms with Crippen molar-refractivity contribution in [2.75, 3.05) is 0 Å². The molecule has 2 aromatic carbocycles. The predicted molar refractivity (Wildman–Crippen MR) is 100 cm³/mol. The molecule has 1 amide bonds. The lowest BCUT2D eigenvalue weighted by Gasteiger charge is -2.08. The molecule has 0 unspecified atom stereocenters. The fraction of sp³-hybridized carbons (Fsp3) is 0. The van der Waals surface area contributed by atoms with Gasteiger partial charge in [-0.05, 0) is 30.3 Å². The zero-order valence-electron chi connectivity index (χ0n) is 13.0. The van der Waals surface area contributed by atoms with Crippen LogP contribution in [-0.2, 0) is 0 Å². The number of nitrogens with one attached hydrogen (secondary N) is 1. The van der Waals surface area contributed by atoms with E-state index in [9.17, 15) is 4.79 Å². The molecule has 0 spiro atoms. The minimum Gasteiger partial charge on any atom is -0.267 e. The Kier molecular flexibility index (Phi) is 5.43. The molecule has 0 radical (unpaired) electrons. The SMILES string of the molecule is O=C(N/N=C(\c1ccccc1)c1cccnc1)c1ccc(Cl)c(Cl)c1. The molecule has 0 bridgehead atoms. The number of hydrazone groups is 1. The zero-order valence-corrected chi connectivity index (χ0v) is 14.5. The highest BCUT2D eigenvalue weighted by atomic mass is 35.5. The van der Waals surface area contributed by atoms with Gasteiger partial charge in [0.25, 0.3) is 5.91 Å². The number of carbonyl (C=O) groups excluding carboxylic acids is 1. The largest absolute Gasteiger partial charge is 0.271 e. The minimum atomic E-state index is -0.379. The number of hydrogen-bond acceptors (Lipinski definition) is 3. The number of aromatic nitrogens is 1. The molecule has 25 heavy (non-hydrogen) atoms. The van der Waals surface area contributed by atoms with Crippen molar-refractivity contribution in [2.45, 2.75) is 0 Å². The van der Waals surface area contributed by atoms with Gasteiger partial charge in [0.15, 0.2) is 0 Å². The Morgan fingerprint density at radius 1 is 0.880 bits per heavy atom. The fourth-order valence-corrected chi connectivity index (χ4v) is 2.50. The van der Waals surface area contributed by atoms with E-state index in [1.165, 1.54) is 6.07 Å². The van der Waals surface area contributed by atoms with Crippen molar-refractivity contribution in [3.8, 4) is 0 Å². The first-order valence-electron chi connectivity index (χ1n) is 7.44. The van der Waals surface area contributed by atoms with E-state index in [1.807, 2.05) is 42.5 Å². The van der Waals surface area contributed by atoms with Gasteiger partial charge < -0.3 is 0 Å². The summed E-state index contributed by atoms with van der Waals surface area (Å²) in [5, 5.41) is 5.00. The lowest BCUT2D eigenvalue weighted by Crippen LogP contribution is -2.20. The Bertz CT molecular complexity index is 871. The number of pyridine rings is 1. The van der Waals surface area contributed by atoms with Crippen LogP contribution >= 0.6 is 23.2 Å². The first-order chi connectivity index (χ1) is 12.1. The number of amides is 1. The van der Waals surface area contributed by atoms with E-state index in [0.717, 1.165) is 11.1 Å². The van der Waals surface area contributed by atoms with Crippen molar-refractivity contribution in [1.82, 2.24) is 10.4 Å². The molecule has 0 saturated carbocycles. The average molecular weight is 370 g/mol. The maximum Gasteiger partial charge on any atom is 0.271 e. The normalized spacial score (nSPS) is 11.2. The van der Waals surface area contributed by atoms with Crippen molar-refractivity contribution in [3.05, 3.63) is 99.8 Å². The molecule has 3 rings (SSSR count). The molecule has 0 fully saturated rings. The molecule has 6 heteroatoms. The van der Waals surface area contributed by atoms with E-state index in [4.69, 9.17) is 23.2 Å². The van der Waals surface area contributed by atoms with E-state index in [-0.39, 0.29) is 5.91 Å². The Morgan fingerprint density at radius 3 is 2.32 bits per heavy atom. The summed E-state index contributed by atoms with van der Waals surface area (Å²) in [6.07, 6.45) is 3.37. The third-order valence-electron chi connectivity index (χ3n) is 3.43. The average Bonchev–Trinajstić information content (AvgIpc) is 2.66. The van der Waals surface area contributed by atoms with Crippen molar-refractivity contribution < 1.29 is 4.79 Å². The van der Waals surface area contributed by atoms with Gasteiger partial charge in [0.05, 0.1) is 15.8 Å². The van der Waals surface area contributed by atoms with Gasteiger partial charge in [0, 0.05) is 29.1 Å². The second-order valence-electron chi connectivity index (χ2n) is 5.14. The Balaban J connectivity index is 1.91. The molecule has 0 atom stereocenters. The predicted octanol–water partition coefficient (Wildman–Crippen LogP) is 4.57. The highest BCUT2D eigenvalue weighted by Crippen LogP contribution is 2.22. The summed E-state index contributed by atoms with van der Waals surface area (Å²) in [6, 6.07) is 17.9. The van der Waals surface area contributed by atoms with E-state index < -0.39 is 0 Å². The van der Waals surface area contributed by atoms with Crippen LogP contribution in [-0.4, -0.2) is 16.6 Å². The summed E-state index contributed by atoms with van der Waals surface area (Å²) < 4.78 is 0. The van der Waals surface area contributed by atoms with Crippen molar-refractivity contribution in [3.63, 3.8) is 0 Å². The summed E-state index contributed by atoms with van der Waals surface area (Å²) in [5.74, 6) is -0.379. The summed E-state index contributed by atoms with van der Waals surface area (Å²) in [7, 11) is 0. The van der Waals surface area contributed by atoms with Crippen LogP contribution in [0.25, 0.3) is 0 Å². The monoisotopic (exact) mass is 369 g/mol. The lowest BCUT2D eigenvalue weighted by molar-refractivity contribution is 0.0955. The number of carbonyl (C=O) groups is 1. The number of nitrogens with zero attached hydrogens (tertiary/aromatic N) is 2. The maximum atomic E-state index is 12.3. The third kappa shape index (κ3) is 4.24. The van der Waals surface area contributed by atoms with Gasteiger partial charge in [0.1, 0.15) is 0 Å². The molecule has 124 valence electrons. The first-order valence-corrected chi connectivity index (χ1v) is 8.19. The fourth-order valence-electron chi connectivity index (χ4n) is 2.20. The molecular formula is C19H13Cl2N3O. The van der Waals surface area contributed by atoms with E-state index in [0.29, 0.717) is 21.3 Å². The summed E-state index contributed by atoms with van der Waals surface area (Å²) >= 11 is 11.8. The van der Waals surface area contributed by atoms with Crippen LogP contribution in [0.1, 0.15) is 21.5 Å². The molecule has 4 nitrogen and oxygen atoms in total. The molecule has 0 saturated heterocycles. The number of rotatable bonds is 4. The van der Waals surface area contributed by atoms with Gasteiger partial charge in [-0.3, -0.25) is 9.78 Å². The first kappa shape index (κ1) is 17.1. The summed E-state index contributed by atoms with van der Waals surface area (Å²) in [5.41, 5.74) is 5.21. The minimum absolute atomic E-state index is 0.314. The van der Waals surface area contributed by atoms with Gasteiger partial charge in [0.2, 0.25) is 0 Å². The Labute approximate surface area is 155 Å². The van der Waals surface area contributed by atoms with Crippen molar-refractivity contribution >= 4 is 34.8 Å². The van der Waals surface area contributed by atoms with Gasteiger partial charge >= 0.3 is 0 Å². The van der Waals surface area contributed by atoms with Crippen LogP contribution in [0.15, 0.2) is 78.2 Å². The molecule has 0 aliphatic rings. The number of halogens is 2. The van der Waals surface area contributed by atoms with Crippen LogP contribution in [0.5, 0.6) is 0 Å².